The molecule has 0 spiro atoms. The monoisotopic (exact) mass is 272 g/mol. The first-order chi connectivity index (χ1) is 8.88. The van der Waals surface area contributed by atoms with Gasteiger partial charge < -0.3 is 14.6 Å². The molecule has 1 aromatic rings. The first-order valence-electron chi connectivity index (χ1n) is 5.81. The Hall–Kier alpha value is -1.79. The van der Waals surface area contributed by atoms with Crippen molar-refractivity contribution < 1.29 is 27.8 Å². The lowest BCUT2D eigenvalue weighted by molar-refractivity contribution is -0.311. The van der Waals surface area contributed by atoms with Crippen LogP contribution in [0, 0.1) is 5.92 Å². The van der Waals surface area contributed by atoms with Crippen LogP contribution in [-0.2, 0) is 11.0 Å². The van der Waals surface area contributed by atoms with Crippen LogP contribution in [0.25, 0.3) is 0 Å². The standard InChI is InChI=1S/C12H10F3NO3/c13-12(14,15)8-1-2-16-9-6-3-5(19-10(8)9)4-7(6)11(17)18/h1-2,5-7H,3-4H2,(H,17,18)/p-1. The molecule has 0 saturated heterocycles. The lowest BCUT2D eigenvalue weighted by Crippen LogP contribution is -2.32. The van der Waals surface area contributed by atoms with E-state index in [4.69, 9.17) is 4.74 Å². The third-order valence-corrected chi connectivity index (χ3v) is 3.70. The normalized spacial score (nSPS) is 28.7. The summed E-state index contributed by atoms with van der Waals surface area (Å²) in [5, 5.41) is 11.0. The number of hydrogen-bond acceptors (Lipinski definition) is 4. The molecule has 1 aliphatic carbocycles. The Morgan fingerprint density at radius 2 is 2.16 bits per heavy atom. The van der Waals surface area contributed by atoms with E-state index in [0.29, 0.717) is 6.42 Å². The Morgan fingerprint density at radius 3 is 2.79 bits per heavy atom. The fourth-order valence-electron chi connectivity index (χ4n) is 2.89. The number of fused-ring (bicyclic) bond motifs is 4. The number of ether oxygens (including phenoxy) is 1. The van der Waals surface area contributed by atoms with Crippen LogP contribution < -0.4 is 9.84 Å². The molecule has 3 atom stereocenters. The molecule has 2 heterocycles. The van der Waals surface area contributed by atoms with Crippen molar-refractivity contribution >= 4 is 5.97 Å². The molecule has 2 aliphatic rings. The van der Waals surface area contributed by atoms with E-state index in [2.05, 4.69) is 4.98 Å². The minimum absolute atomic E-state index is 0.0813. The largest absolute Gasteiger partial charge is 0.550 e. The fourth-order valence-corrected chi connectivity index (χ4v) is 2.89. The number of aliphatic carboxylic acids is 1. The summed E-state index contributed by atoms with van der Waals surface area (Å²) < 4.78 is 43.9. The Kier molecular flexibility index (Phi) is 2.48. The van der Waals surface area contributed by atoms with Gasteiger partial charge >= 0.3 is 6.18 Å². The van der Waals surface area contributed by atoms with E-state index in [-0.39, 0.29) is 17.9 Å². The summed E-state index contributed by atoms with van der Waals surface area (Å²) in [6.45, 7) is 0. The zero-order valence-electron chi connectivity index (χ0n) is 9.61. The SMILES string of the molecule is O=C([O-])C1CC2CC1c1nccc(C(F)(F)F)c1O2. The number of hydrogen-bond donors (Lipinski definition) is 0. The van der Waals surface area contributed by atoms with Crippen molar-refractivity contribution in [2.75, 3.05) is 0 Å². The smallest absolute Gasteiger partial charge is 0.420 e. The highest BCUT2D eigenvalue weighted by molar-refractivity contribution is 5.70. The van der Waals surface area contributed by atoms with Gasteiger partial charge in [-0.25, -0.2) is 0 Å². The van der Waals surface area contributed by atoms with E-state index >= 15 is 0 Å². The second-order valence-corrected chi connectivity index (χ2v) is 4.81. The maximum absolute atomic E-state index is 12.9. The van der Waals surface area contributed by atoms with Crippen molar-refractivity contribution in [2.24, 2.45) is 5.92 Å². The van der Waals surface area contributed by atoms with E-state index in [9.17, 15) is 23.1 Å². The highest BCUT2D eigenvalue weighted by atomic mass is 19.4. The van der Waals surface area contributed by atoms with Gasteiger partial charge in [-0.15, -0.1) is 0 Å². The summed E-state index contributed by atoms with van der Waals surface area (Å²) in [6, 6.07) is 0.845. The molecule has 4 nitrogen and oxygen atoms in total. The first-order valence-corrected chi connectivity index (χ1v) is 5.81. The molecule has 1 fully saturated rings. The number of nitrogens with zero attached hydrogens (tertiary/aromatic N) is 1. The van der Waals surface area contributed by atoms with Crippen molar-refractivity contribution in [3.63, 3.8) is 0 Å². The molecule has 3 rings (SSSR count). The van der Waals surface area contributed by atoms with Crippen LogP contribution >= 0.6 is 0 Å². The van der Waals surface area contributed by atoms with Crippen molar-refractivity contribution in [3.05, 3.63) is 23.5 Å². The average Bonchev–Trinajstić information content (AvgIpc) is 2.66. The minimum Gasteiger partial charge on any atom is -0.550 e. The fraction of sp³-hybridized carbons (Fsp3) is 0.500. The average molecular weight is 272 g/mol. The third-order valence-electron chi connectivity index (χ3n) is 3.70. The van der Waals surface area contributed by atoms with E-state index < -0.39 is 35.6 Å². The van der Waals surface area contributed by atoms with Gasteiger partial charge in [0.15, 0.2) is 5.75 Å². The molecule has 0 amide bonds. The number of carbonyl (C=O) groups is 1. The number of aromatic nitrogens is 1. The van der Waals surface area contributed by atoms with Gasteiger partial charge in [-0.1, -0.05) is 0 Å². The lowest BCUT2D eigenvalue weighted by Gasteiger charge is -2.27. The van der Waals surface area contributed by atoms with Gasteiger partial charge in [0.05, 0.1) is 5.69 Å². The molecule has 3 unspecified atom stereocenters. The van der Waals surface area contributed by atoms with Gasteiger partial charge in [-0.3, -0.25) is 4.98 Å². The summed E-state index contributed by atoms with van der Waals surface area (Å²) in [4.78, 5) is 14.9. The zero-order chi connectivity index (χ0) is 13.8. The molecular weight excluding hydrogens is 263 g/mol. The molecular formula is C12H9F3NO3-. The highest BCUT2D eigenvalue weighted by Gasteiger charge is 2.47. The number of carboxylic acid groups (broad SMARTS) is 1. The van der Waals surface area contributed by atoms with Crippen LogP contribution in [0.4, 0.5) is 13.2 Å². The zero-order valence-corrected chi connectivity index (χ0v) is 9.61. The topological polar surface area (TPSA) is 62.2 Å². The Bertz CT molecular complexity index is 544. The van der Waals surface area contributed by atoms with Gasteiger partial charge in [-0.05, 0) is 18.9 Å². The van der Waals surface area contributed by atoms with Crippen molar-refractivity contribution in [3.8, 4) is 5.75 Å². The van der Waals surface area contributed by atoms with E-state index in [1.54, 1.807) is 0 Å². The molecule has 1 aliphatic heterocycles. The van der Waals surface area contributed by atoms with Crippen molar-refractivity contribution in [1.82, 2.24) is 4.98 Å². The van der Waals surface area contributed by atoms with Gasteiger partial charge in [0.2, 0.25) is 0 Å². The summed E-state index contributed by atoms with van der Waals surface area (Å²) >= 11 is 0. The summed E-state index contributed by atoms with van der Waals surface area (Å²) in [6.07, 6.45) is -3.47. The molecule has 0 aromatic carbocycles. The molecule has 2 bridgehead atoms. The highest BCUT2D eigenvalue weighted by Crippen LogP contribution is 2.51. The van der Waals surface area contributed by atoms with Crippen LogP contribution in [0.1, 0.15) is 30.0 Å². The quantitative estimate of drug-likeness (QED) is 0.768. The molecule has 19 heavy (non-hydrogen) atoms. The number of rotatable bonds is 1. The second kappa shape index (κ2) is 3.85. The maximum atomic E-state index is 12.9. The van der Waals surface area contributed by atoms with Gasteiger partial charge in [-0.2, -0.15) is 13.2 Å². The van der Waals surface area contributed by atoms with Gasteiger partial charge in [0.1, 0.15) is 11.7 Å². The number of pyridine rings is 1. The molecule has 0 radical (unpaired) electrons. The third kappa shape index (κ3) is 1.84. The van der Waals surface area contributed by atoms with Crippen molar-refractivity contribution in [2.45, 2.75) is 31.0 Å². The predicted octanol–water partition coefficient (Wildman–Crippen LogP) is 1.10. The van der Waals surface area contributed by atoms with Crippen LogP contribution in [0.3, 0.4) is 0 Å². The van der Waals surface area contributed by atoms with Crippen LogP contribution in [-0.4, -0.2) is 17.1 Å². The van der Waals surface area contributed by atoms with E-state index in [1.807, 2.05) is 0 Å². The molecule has 0 N–H and O–H groups in total. The minimum atomic E-state index is -4.54. The Morgan fingerprint density at radius 1 is 1.42 bits per heavy atom. The molecule has 7 heteroatoms. The number of halogens is 3. The van der Waals surface area contributed by atoms with Crippen LogP contribution in [0.2, 0.25) is 0 Å². The Balaban J connectivity index is 2.11. The molecule has 102 valence electrons. The number of carbonyl (C=O) groups excluding carboxylic acids is 1. The van der Waals surface area contributed by atoms with Crippen molar-refractivity contribution in [1.29, 1.82) is 0 Å². The van der Waals surface area contributed by atoms with E-state index in [1.165, 1.54) is 0 Å². The van der Waals surface area contributed by atoms with E-state index in [0.717, 1.165) is 12.3 Å². The number of carboxylic acids is 1. The van der Waals surface area contributed by atoms with Gasteiger partial charge in [0, 0.05) is 24.0 Å². The second-order valence-electron chi connectivity index (χ2n) is 4.81. The Labute approximate surface area is 106 Å². The van der Waals surface area contributed by atoms with Gasteiger partial charge in [0.25, 0.3) is 0 Å². The molecule has 1 aromatic heterocycles. The summed E-state index contributed by atoms with van der Waals surface area (Å²) in [5.74, 6) is -2.97. The predicted molar refractivity (Wildman–Crippen MR) is 54.1 cm³/mol. The lowest BCUT2D eigenvalue weighted by atomic mass is 9.90. The number of alkyl halides is 3. The van der Waals surface area contributed by atoms with Crippen LogP contribution in [0.15, 0.2) is 12.3 Å². The maximum Gasteiger partial charge on any atom is 0.420 e. The molecule has 1 saturated carbocycles. The van der Waals surface area contributed by atoms with Crippen LogP contribution in [0.5, 0.6) is 5.75 Å². The summed E-state index contributed by atoms with van der Waals surface area (Å²) in [5.41, 5.74) is -0.816. The summed E-state index contributed by atoms with van der Waals surface area (Å²) in [7, 11) is 0. The first kappa shape index (κ1) is 12.3.